The van der Waals surface area contributed by atoms with Crippen LogP contribution in [0.3, 0.4) is 0 Å². The topological polar surface area (TPSA) is 104 Å². The monoisotopic (exact) mass is 315 g/mol. The van der Waals surface area contributed by atoms with E-state index in [0.29, 0.717) is 5.82 Å². The van der Waals surface area contributed by atoms with Gasteiger partial charge in [-0.15, -0.1) is 10.2 Å². The van der Waals surface area contributed by atoms with Gasteiger partial charge in [-0.25, -0.2) is 12.7 Å². The van der Waals surface area contributed by atoms with E-state index in [2.05, 4.69) is 20.8 Å². The number of sulfonamides is 1. The van der Waals surface area contributed by atoms with Gasteiger partial charge >= 0.3 is 0 Å². The van der Waals surface area contributed by atoms with E-state index >= 15 is 0 Å². The van der Waals surface area contributed by atoms with E-state index in [9.17, 15) is 13.2 Å². The van der Waals surface area contributed by atoms with Gasteiger partial charge in [0.1, 0.15) is 5.82 Å². The molecular weight excluding hydrogens is 294 g/mol. The zero-order valence-electron chi connectivity index (χ0n) is 12.5. The standard InChI is InChI=1S/C12H21N5O3S/c1-4-7-13-11-6-5-10(15-16-11)12(18)14-8-9-21(19,20)17(2)3/h5-6H,4,7-9H2,1-3H3,(H,13,16)(H,14,18). The van der Waals surface area contributed by atoms with Gasteiger partial charge in [-0.1, -0.05) is 6.92 Å². The Morgan fingerprint density at radius 1 is 1.24 bits per heavy atom. The first-order valence-corrected chi connectivity index (χ1v) is 8.23. The van der Waals surface area contributed by atoms with E-state index in [-0.39, 0.29) is 18.0 Å². The quantitative estimate of drug-likeness (QED) is 0.695. The van der Waals surface area contributed by atoms with Crippen molar-refractivity contribution in [3.8, 4) is 0 Å². The molecule has 0 unspecified atom stereocenters. The normalized spacial score (nSPS) is 11.4. The van der Waals surface area contributed by atoms with E-state index in [1.54, 1.807) is 12.1 Å². The van der Waals surface area contributed by atoms with Crippen molar-refractivity contribution in [3.05, 3.63) is 17.8 Å². The zero-order valence-corrected chi connectivity index (χ0v) is 13.3. The minimum absolute atomic E-state index is 0.0247. The minimum atomic E-state index is -3.32. The van der Waals surface area contributed by atoms with Gasteiger partial charge in [0.15, 0.2) is 5.69 Å². The molecule has 0 saturated carbocycles. The lowest BCUT2D eigenvalue weighted by Gasteiger charge is -2.11. The first kappa shape index (κ1) is 17.3. The second kappa shape index (κ2) is 7.89. The number of rotatable bonds is 8. The molecule has 1 heterocycles. The Morgan fingerprint density at radius 2 is 1.95 bits per heavy atom. The largest absolute Gasteiger partial charge is 0.369 e. The molecule has 0 spiro atoms. The van der Waals surface area contributed by atoms with E-state index in [4.69, 9.17) is 0 Å². The third kappa shape index (κ3) is 5.64. The van der Waals surface area contributed by atoms with Gasteiger partial charge in [0.25, 0.3) is 5.91 Å². The summed E-state index contributed by atoms with van der Waals surface area (Å²) in [6.45, 7) is 2.84. The number of anilines is 1. The molecule has 0 aliphatic rings. The van der Waals surface area contributed by atoms with Gasteiger partial charge in [-0.05, 0) is 18.6 Å². The van der Waals surface area contributed by atoms with Crippen LogP contribution in [0.25, 0.3) is 0 Å². The molecule has 2 N–H and O–H groups in total. The molecule has 1 aromatic heterocycles. The number of carbonyl (C=O) groups is 1. The molecule has 118 valence electrons. The molecule has 0 aromatic carbocycles. The maximum atomic E-state index is 11.8. The highest BCUT2D eigenvalue weighted by Gasteiger charge is 2.14. The molecule has 8 nitrogen and oxygen atoms in total. The Labute approximate surface area is 125 Å². The number of amides is 1. The molecule has 1 rings (SSSR count). The Balaban J connectivity index is 2.49. The third-order valence-electron chi connectivity index (χ3n) is 2.66. The summed E-state index contributed by atoms with van der Waals surface area (Å²) >= 11 is 0. The summed E-state index contributed by atoms with van der Waals surface area (Å²) in [5.41, 5.74) is 0.152. The molecule has 0 fully saturated rings. The van der Waals surface area contributed by atoms with Gasteiger partial charge in [0, 0.05) is 27.2 Å². The second-order valence-electron chi connectivity index (χ2n) is 4.58. The van der Waals surface area contributed by atoms with Gasteiger partial charge < -0.3 is 10.6 Å². The third-order valence-corrected chi connectivity index (χ3v) is 4.49. The van der Waals surface area contributed by atoms with Crippen molar-refractivity contribution in [2.45, 2.75) is 13.3 Å². The SMILES string of the molecule is CCCNc1ccc(C(=O)NCCS(=O)(=O)N(C)C)nn1. The van der Waals surface area contributed by atoms with Crippen LogP contribution in [0, 0.1) is 0 Å². The van der Waals surface area contributed by atoms with Crippen molar-refractivity contribution >= 4 is 21.7 Å². The van der Waals surface area contributed by atoms with Gasteiger partial charge in [-0.2, -0.15) is 0 Å². The Morgan fingerprint density at radius 3 is 2.48 bits per heavy atom. The molecular formula is C12H21N5O3S. The molecule has 0 atom stereocenters. The number of hydrogen-bond donors (Lipinski definition) is 2. The van der Waals surface area contributed by atoms with Crippen LogP contribution in [0.15, 0.2) is 12.1 Å². The van der Waals surface area contributed by atoms with Gasteiger partial charge in [0.05, 0.1) is 5.75 Å². The average molecular weight is 315 g/mol. The van der Waals surface area contributed by atoms with Gasteiger partial charge in [0.2, 0.25) is 10.0 Å². The fourth-order valence-corrected chi connectivity index (χ4v) is 2.09. The van der Waals surface area contributed by atoms with Crippen molar-refractivity contribution in [3.63, 3.8) is 0 Å². The number of nitrogens with zero attached hydrogens (tertiary/aromatic N) is 3. The van der Waals surface area contributed by atoms with Crippen molar-refractivity contribution in [2.75, 3.05) is 38.3 Å². The number of hydrogen-bond acceptors (Lipinski definition) is 6. The molecule has 0 aliphatic carbocycles. The van der Waals surface area contributed by atoms with Crippen molar-refractivity contribution in [1.82, 2.24) is 19.8 Å². The molecule has 9 heteroatoms. The fourth-order valence-electron chi connectivity index (χ4n) is 1.37. The van der Waals surface area contributed by atoms with Crippen LogP contribution in [0.5, 0.6) is 0 Å². The second-order valence-corrected chi connectivity index (χ2v) is 6.89. The minimum Gasteiger partial charge on any atom is -0.369 e. The molecule has 0 saturated heterocycles. The fraction of sp³-hybridized carbons (Fsp3) is 0.583. The van der Waals surface area contributed by atoms with E-state index in [0.717, 1.165) is 17.3 Å². The first-order valence-electron chi connectivity index (χ1n) is 6.63. The van der Waals surface area contributed by atoms with Crippen molar-refractivity contribution in [2.24, 2.45) is 0 Å². The Bertz CT molecular complexity index is 557. The van der Waals surface area contributed by atoms with Crippen LogP contribution in [0.1, 0.15) is 23.8 Å². The molecule has 0 radical (unpaired) electrons. The van der Waals surface area contributed by atoms with Crippen LogP contribution < -0.4 is 10.6 Å². The first-order chi connectivity index (χ1) is 9.86. The maximum Gasteiger partial charge on any atom is 0.271 e. The zero-order chi connectivity index (χ0) is 15.9. The van der Waals surface area contributed by atoms with Crippen molar-refractivity contribution in [1.29, 1.82) is 0 Å². The Hall–Kier alpha value is -1.74. The maximum absolute atomic E-state index is 11.8. The smallest absolute Gasteiger partial charge is 0.271 e. The van der Waals surface area contributed by atoms with E-state index in [1.807, 2.05) is 6.92 Å². The highest BCUT2D eigenvalue weighted by atomic mass is 32.2. The lowest BCUT2D eigenvalue weighted by Crippen LogP contribution is -2.34. The lowest BCUT2D eigenvalue weighted by atomic mass is 10.3. The molecule has 1 amide bonds. The van der Waals surface area contributed by atoms with Crippen LogP contribution in [0.2, 0.25) is 0 Å². The summed E-state index contributed by atoms with van der Waals surface area (Å²) in [6, 6.07) is 3.20. The van der Waals surface area contributed by atoms with Crippen LogP contribution in [-0.2, 0) is 10.0 Å². The Kier molecular flexibility index (Phi) is 6.50. The number of carbonyl (C=O) groups excluding carboxylic acids is 1. The van der Waals surface area contributed by atoms with Crippen LogP contribution in [0.4, 0.5) is 5.82 Å². The molecule has 1 aromatic rings. The van der Waals surface area contributed by atoms with Crippen LogP contribution in [-0.4, -0.2) is 61.8 Å². The van der Waals surface area contributed by atoms with Gasteiger partial charge in [-0.3, -0.25) is 4.79 Å². The van der Waals surface area contributed by atoms with E-state index < -0.39 is 15.9 Å². The predicted molar refractivity (Wildman–Crippen MR) is 80.6 cm³/mol. The summed E-state index contributed by atoms with van der Waals surface area (Å²) in [5.74, 6) is -0.00273. The molecule has 21 heavy (non-hydrogen) atoms. The number of nitrogens with one attached hydrogen (secondary N) is 2. The summed E-state index contributed by atoms with van der Waals surface area (Å²) in [6.07, 6.45) is 0.963. The van der Waals surface area contributed by atoms with E-state index in [1.165, 1.54) is 14.1 Å². The molecule has 0 bridgehead atoms. The predicted octanol–water partition coefficient (Wildman–Crippen LogP) is -0.0803. The summed E-state index contributed by atoms with van der Waals surface area (Å²) in [7, 11) is -0.422. The summed E-state index contributed by atoms with van der Waals surface area (Å²) in [4.78, 5) is 11.8. The summed E-state index contributed by atoms with van der Waals surface area (Å²) in [5, 5.41) is 13.2. The highest BCUT2D eigenvalue weighted by molar-refractivity contribution is 7.89. The lowest BCUT2D eigenvalue weighted by molar-refractivity contribution is 0.0950. The van der Waals surface area contributed by atoms with Crippen molar-refractivity contribution < 1.29 is 13.2 Å². The summed E-state index contributed by atoms with van der Waals surface area (Å²) < 4.78 is 24.2. The van der Waals surface area contributed by atoms with Crippen LogP contribution >= 0.6 is 0 Å². The average Bonchev–Trinajstić information content (AvgIpc) is 2.45. The number of aromatic nitrogens is 2. The molecule has 0 aliphatic heterocycles. The highest BCUT2D eigenvalue weighted by Crippen LogP contribution is 2.02.